The Bertz CT molecular complexity index is 732. The van der Waals surface area contributed by atoms with E-state index >= 15 is 0 Å². The molecular weight excluding hydrogens is 314 g/mol. The number of carbonyl (C=O) groups is 1. The largest absolute Gasteiger partial charge is 0.379 e. The lowest BCUT2D eigenvalue weighted by molar-refractivity contribution is -0.122. The molecule has 1 amide bonds. The minimum Gasteiger partial charge on any atom is -0.379 e. The van der Waals surface area contributed by atoms with Gasteiger partial charge in [0.25, 0.3) is 0 Å². The first kappa shape index (κ1) is 18.0. The van der Waals surface area contributed by atoms with Crippen LogP contribution < -0.4 is 5.32 Å². The summed E-state index contributed by atoms with van der Waals surface area (Å²) in [6, 6.07) is 6.64. The Labute approximate surface area is 149 Å². The lowest BCUT2D eigenvalue weighted by atomic mass is 10.1. The number of nitrogens with zero attached hydrogens (tertiary/aromatic N) is 1. The third kappa shape index (κ3) is 4.22. The van der Waals surface area contributed by atoms with Crippen molar-refractivity contribution in [1.29, 1.82) is 0 Å². The van der Waals surface area contributed by atoms with Gasteiger partial charge >= 0.3 is 0 Å². The van der Waals surface area contributed by atoms with E-state index in [4.69, 9.17) is 4.74 Å². The van der Waals surface area contributed by atoms with Crippen molar-refractivity contribution in [3.8, 4) is 0 Å². The number of morpholine rings is 1. The second kappa shape index (κ2) is 8.02. The van der Waals surface area contributed by atoms with Gasteiger partial charge in [-0.05, 0) is 43.5 Å². The zero-order valence-corrected chi connectivity index (χ0v) is 15.5. The zero-order valence-electron chi connectivity index (χ0n) is 15.5. The third-order valence-electron chi connectivity index (χ3n) is 5.22. The number of nitrogens with one attached hydrogen (secondary N) is 2. The second-order valence-electron chi connectivity index (χ2n) is 6.94. The highest BCUT2D eigenvalue weighted by Gasteiger charge is 2.19. The van der Waals surface area contributed by atoms with Crippen LogP contribution in [0.25, 0.3) is 10.9 Å². The van der Waals surface area contributed by atoms with Crippen LogP contribution in [-0.4, -0.2) is 48.1 Å². The molecule has 1 aromatic carbocycles. The Morgan fingerprint density at radius 1 is 1.36 bits per heavy atom. The average Bonchev–Trinajstić information content (AvgIpc) is 2.96. The predicted molar refractivity (Wildman–Crippen MR) is 101 cm³/mol. The Balaban J connectivity index is 1.56. The molecule has 1 atom stereocenters. The highest BCUT2D eigenvalue weighted by atomic mass is 16.5. The molecule has 136 valence electrons. The highest BCUT2D eigenvalue weighted by Crippen LogP contribution is 2.23. The molecule has 1 fully saturated rings. The average molecular weight is 343 g/mol. The number of benzene rings is 1. The van der Waals surface area contributed by atoms with E-state index in [1.54, 1.807) is 0 Å². The molecule has 1 aliphatic heterocycles. The molecule has 1 aliphatic rings. The Morgan fingerprint density at radius 3 is 2.84 bits per heavy atom. The number of aromatic amines is 1. The number of carbonyl (C=O) groups excluding carboxylic acids is 1. The minimum atomic E-state index is 0.110. The maximum absolute atomic E-state index is 12.3. The normalized spacial score (nSPS) is 16.9. The molecule has 0 saturated carbocycles. The number of rotatable bonds is 6. The summed E-state index contributed by atoms with van der Waals surface area (Å²) in [5, 5.41) is 4.32. The molecule has 0 unspecified atom stereocenters. The molecule has 0 spiro atoms. The molecule has 0 aliphatic carbocycles. The Hall–Kier alpha value is -1.85. The molecule has 0 radical (unpaired) electrons. The smallest absolute Gasteiger partial charge is 0.221 e. The minimum absolute atomic E-state index is 0.110. The number of fused-ring (bicyclic) bond motifs is 1. The van der Waals surface area contributed by atoms with Crippen molar-refractivity contribution >= 4 is 16.8 Å². The van der Waals surface area contributed by atoms with Gasteiger partial charge < -0.3 is 15.0 Å². The fraction of sp³-hybridized carbons (Fsp3) is 0.550. The lowest BCUT2D eigenvalue weighted by Crippen LogP contribution is -2.44. The SMILES string of the molecule is CCc1[nH]c2ccc(CNC(=O)C[C@H](C)N3CCOCC3)cc2c1C. The maximum Gasteiger partial charge on any atom is 0.221 e. The van der Waals surface area contributed by atoms with Crippen LogP contribution in [0.15, 0.2) is 18.2 Å². The van der Waals surface area contributed by atoms with Gasteiger partial charge in [0, 0.05) is 48.7 Å². The molecule has 0 bridgehead atoms. The van der Waals surface area contributed by atoms with E-state index in [0.29, 0.717) is 13.0 Å². The van der Waals surface area contributed by atoms with Gasteiger partial charge in [0.2, 0.25) is 5.91 Å². The third-order valence-corrected chi connectivity index (χ3v) is 5.22. The van der Waals surface area contributed by atoms with Gasteiger partial charge in [-0.3, -0.25) is 9.69 Å². The first-order valence-corrected chi connectivity index (χ1v) is 9.27. The number of H-pyrrole nitrogens is 1. The molecular formula is C20H29N3O2. The molecule has 5 nitrogen and oxygen atoms in total. The van der Waals surface area contributed by atoms with Crippen LogP contribution in [0.3, 0.4) is 0 Å². The van der Waals surface area contributed by atoms with Crippen LogP contribution in [0.1, 0.15) is 37.1 Å². The second-order valence-corrected chi connectivity index (χ2v) is 6.94. The number of hydrogen-bond acceptors (Lipinski definition) is 3. The fourth-order valence-electron chi connectivity index (χ4n) is 3.58. The van der Waals surface area contributed by atoms with Gasteiger partial charge in [0.15, 0.2) is 0 Å². The Kier molecular flexibility index (Phi) is 5.76. The zero-order chi connectivity index (χ0) is 17.8. The molecule has 1 aromatic heterocycles. The van der Waals surface area contributed by atoms with Crippen molar-refractivity contribution in [2.75, 3.05) is 26.3 Å². The van der Waals surface area contributed by atoms with E-state index in [1.165, 1.54) is 22.2 Å². The van der Waals surface area contributed by atoms with Gasteiger partial charge in [-0.1, -0.05) is 13.0 Å². The summed E-state index contributed by atoms with van der Waals surface area (Å²) in [7, 11) is 0. The number of aryl methyl sites for hydroxylation is 2. The van der Waals surface area contributed by atoms with Crippen molar-refractivity contribution in [3.63, 3.8) is 0 Å². The van der Waals surface area contributed by atoms with E-state index in [-0.39, 0.29) is 11.9 Å². The van der Waals surface area contributed by atoms with Gasteiger partial charge in [0.05, 0.1) is 13.2 Å². The van der Waals surface area contributed by atoms with Crippen molar-refractivity contribution in [1.82, 2.24) is 15.2 Å². The van der Waals surface area contributed by atoms with Crippen molar-refractivity contribution in [2.24, 2.45) is 0 Å². The summed E-state index contributed by atoms with van der Waals surface area (Å²) in [5.74, 6) is 0.110. The topological polar surface area (TPSA) is 57.4 Å². The van der Waals surface area contributed by atoms with E-state index in [0.717, 1.165) is 38.3 Å². The Morgan fingerprint density at radius 2 is 2.12 bits per heavy atom. The number of ether oxygens (including phenoxy) is 1. The monoisotopic (exact) mass is 343 g/mol. The van der Waals surface area contributed by atoms with Crippen LogP contribution in [0, 0.1) is 6.92 Å². The summed E-state index contributed by atoms with van der Waals surface area (Å²) < 4.78 is 5.37. The summed E-state index contributed by atoms with van der Waals surface area (Å²) in [5.41, 5.74) is 4.91. The number of aromatic nitrogens is 1. The quantitative estimate of drug-likeness (QED) is 0.848. The molecule has 1 saturated heterocycles. The maximum atomic E-state index is 12.3. The number of hydrogen-bond donors (Lipinski definition) is 2. The van der Waals surface area contributed by atoms with Crippen LogP contribution in [0.2, 0.25) is 0 Å². The van der Waals surface area contributed by atoms with Crippen LogP contribution in [0.5, 0.6) is 0 Å². The molecule has 3 rings (SSSR count). The van der Waals surface area contributed by atoms with Gasteiger partial charge in [-0.2, -0.15) is 0 Å². The van der Waals surface area contributed by atoms with E-state index < -0.39 is 0 Å². The summed E-state index contributed by atoms with van der Waals surface area (Å²) >= 11 is 0. The molecule has 2 aromatic rings. The molecule has 5 heteroatoms. The number of amides is 1. The van der Waals surface area contributed by atoms with E-state index in [1.807, 2.05) is 0 Å². The van der Waals surface area contributed by atoms with Gasteiger partial charge in [0.1, 0.15) is 0 Å². The first-order chi connectivity index (χ1) is 12.1. The van der Waals surface area contributed by atoms with Crippen molar-refractivity contribution in [2.45, 2.75) is 46.2 Å². The highest BCUT2D eigenvalue weighted by molar-refractivity contribution is 5.85. The standard InChI is InChI=1S/C20H29N3O2/c1-4-18-15(3)17-12-16(5-6-19(17)22-18)13-21-20(24)11-14(2)23-7-9-25-10-8-23/h5-6,12,14,22H,4,7-11,13H2,1-3H3,(H,21,24)/t14-/m0/s1. The van der Waals surface area contributed by atoms with Crippen molar-refractivity contribution < 1.29 is 9.53 Å². The summed E-state index contributed by atoms with van der Waals surface area (Å²) in [6.07, 6.45) is 1.54. The molecule has 2 N–H and O–H groups in total. The van der Waals surface area contributed by atoms with E-state index in [2.05, 4.69) is 54.2 Å². The van der Waals surface area contributed by atoms with E-state index in [9.17, 15) is 4.79 Å². The van der Waals surface area contributed by atoms with Crippen LogP contribution in [0.4, 0.5) is 0 Å². The first-order valence-electron chi connectivity index (χ1n) is 9.27. The lowest BCUT2D eigenvalue weighted by Gasteiger charge is -2.31. The van der Waals surface area contributed by atoms with Gasteiger partial charge in [-0.15, -0.1) is 0 Å². The van der Waals surface area contributed by atoms with Gasteiger partial charge in [-0.25, -0.2) is 0 Å². The van der Waals surface area contributed by atoms with Crippen molar-refractivity contribution in [3.05, 3.63) is 35.0 Å². The predicted octanol–water partition coefficient (Wildman–Crippen LogP) is 2.77. The summed E-state index contributed by atoms with van der Waals surface area (Å²) in [6.45, 7) is 10.4. The fourth-order valence-corrected chi connectivity index (χ4v) is 3.58. The van der Waals surface area contributed by atoms with Crippen LogP contribution in [-0.2, 0) is 22.5 Å². The van der Waals surface area contributed by atoms with Crippen LogP contribution >= 0.6 is 0 Å². The summed E-state index contributed by atoms with van der Waals surface area (Å²) in [4.78, 5) is 18.1. The molecule has 2 heterocycles. The molecule has 25 heavy (non-hydrogen) atoms.